The molecule has 3 aromatic heterocycles. The van der Waals surface area contributed by atoms with Crippen molar-refractivity contribution in [2.24, 2.45) is 0 Å². The molecule has 0 aliphatic rings. The van der Waals surface area contributed by atoms with E-state index in [1.807, 2.05) is 41.2 Å². The standard InChI is InChI=1S/C19H14N6/c1-4-13-12-14(22-19-18-16(23-24-19)5-2-9-20-18)7-8-15(13)17(6-1)25-11-3-10-21-25/h1-12H,(H2,22,23,24). The molecule has 0 saturated carbocycles. The molecule has 3 heterocycles. The minimum atomic E-state index is 0.721. The van der Waals surface area contributed by atoms with Gasteiger partial charge < -0.3 is 5.32 Å². The zero-order chi connectivity index (χ0) is 16.6. The number of H-pyrrole nitrogens is 1. The Kier molecular flexibility index (Phi) is 3.00. The number of rotatable bonds is 3. The third-order valence-corrected chi connectivity index (χ3v) is 4.19. The first-order valence-electron chi connectivity index (χ1n) is 7.97. The van der Waals surface area contributed by atoms with E-state index in [1.54, 1.807) is 12.4 Å². The first kappa shape index (κ1) is 13.7. The molecule has 6 nitrogen and oxygen atoms in total. The van der Waals surface area contributed by atoms with Crippen LogP contribution in [0.3, 0.4) is 0 Å². The number of aromatic nitrogens is 5. The lowest BCUT2D eigenvalue weighted by molar-refractivity contribution is 0.888. The molecule has 0 fully saturated rings. The molecule has 6 heteroatoms. The Morgan fingerprint density at radius 1 is 0.960 bits per heavy atom. The quantitative estimate of drug-likeness (QED) is 0.525. The van der Waals surface area contributed by atoms with Crippen LogP contribution in [0.5, 0.6) is 0 Å². The van der Waals surface area contributed by atoms with Gasteiger partial charge in [-0.3, -0.25) is 10.1 Å². The third-order valence-electron chi connectivity index (χ3n) is 4.19. The van der Waals surface area contributed by atoms with Gasteiger partial charge in [-0.15, -0.1) is 0 Å². The van der Waals surface area contributed by atoms with Gasteiger partial charge in [0, 0.05) is 29.7 Å². The molecular weight excluding hydrogens is 312 g/mol. The molecule has 5 rings (SSSR count). The molecular formula is C19H14N6. The van der Waals surface area contributed by atoms with Crippen LogP contribution in [-0.4, -0.2) is 25.0 Å². The van der Waals surface area contributed by atoms with Crippen molar-refractivity contribution in [3.8, 4) is 5.69 Å². The van der Waals surface area contributed by atoms with Gasteiger partial charge in [-0.2, -0.15) is 10.2 Å². The van der Waals surface area contributed by atoms with Crippen LogP contribution in [0, 0.1) is 0 Å². The summed E-state index contributed by atoms with van der Waals surface area (Å²) >= 11 is 0. The van der Waals surface area contributed by atoms with Crippen molar-refractivity contribution in [3.63, 3.8) is 0 Å². The van der Waals surface area contributed by atoms with Crippen LogP contribution in [0.25, 0.3) is 27.5 Å². The molecule has 0 atom stereocenters. The van der Waals surface area contributed by atoms with Crippen LogP contribution in [0.1, 0.15) is 0 Å². The fourth-order valence-corrected chi connectivity index (χ4v) is 3.03. The molecule has 0 bridgehead atoms. The minimum Gasteiger partial charge on any atom is -0.337 e. The Hall–Kier alpha value is -3.67. The molecule has 2 aromatic carbocycles. The molecule has 0 aliphatic heterocycles. The number of fused-ring (bicyclic) bond motifs is 2. The zero-order valence-corrected chi connectivity index (χ0v) is 13.2. The van der Waals surface area contributed by atoms with E-state index >= 15 is 0 Å². The maximum Gasteiger partial charge on any atom is 0.178 e. The van der Waals surface area contributed by atoms with E-state index in [4.69, 9.17) is 0 Å². The lowest BCUT2D eigenvalue weighted by atomic mass is 10.1. The number of aromatic amines is 1. The highest BCUT2D eigenvalue weighted by Crippen LogP contribution is 2.27. The van der Waals surface area contributed by atoms with Gasteiger partial charge in [-0.25, -0.2) is 4.68 Å². The highest BCUT2D eigenvalue weighted by molar-refractivity contribution is 5.94. The lowest BCUT2D eigenvalue weighted by Gasteiger charge is -2.09. The molecule has 0 amide bonds. The van der Waals surface area contributed by atoms with E-state index < -0.39 is 0 Å². The molecule has 0 aliphatic carbocycles. The van der Waals surface area contributed by atoms with Crippen LogP contribution in [0.2, 0.25) is 0 Å². The maximum atomic E-state index is 4.38. The molecule has 0 saturated heterocycles. The summed E-state index contributed by atoms with van der Waals surface area (Å²) in [6, 6.07) is 18.2. The Bertz CT molecular complexity index is 1170. The second-order valence-electron chi connectivity index (χ2n) is 5.76. The van der Waals surface area contributed by atoms with Gasteiger partial charge in [0.25, 0.3) is 0 Å². The van der Waals surface area contributed by atoms with Crippen LogP contribution in [-0.2, 0) is 0 Å². The van der Waals surface area contributed by atoms with E-state index in [9.17, 15) is 0 Å². The van der Waals surface area contributed by atoms with Gasteiger partial charge >= 0.3 is 0 Å². The number of nitrogens with one attached hydrogen (secondary N) is 2. The fraction of sp³-hybridized carbons (Fsp3) is 0. The number of anilines is 2. The van der Waals surface area contributed by atoms with Crippen molar-refractivity contribution in [2.45, 2.75) is 0 Å². The van der Waals surface area contributed by atoms with Crippen LogP contribution in [0.4, 0.5) is 11.5 Å². The van der Waals surface area contributed by atoms with E-state index in [-0.39, 0.29) is 0 Å². The van der Waals surface area contributed by atoms with E-state index in [2.05, 4.69) is 49.9 Å². The maximum absolute atomic E-state index is 4.38. The average Bonchev–Trinajstić information content (AvgIpc) is 3.32. The van der Waals surface area contributed by atoms with E-state index in [0.29, 0.717) is 0 Å². The SMILES string of the molecule is c1cc(-n2cccn2)c2ccc(Nc3n[nH]c4cccnc34)cc2c1. The van der Waals surface area contributed by atoms with Crippen LogP contribution >= 0.6 is 0 Å². The number of pyridine rings is 1. The predicted octanol–water partition coefficient (Wildman–Crippen LogP) is 4.04. The Balaban J connectivity index is 1.57. The molecule has 25 heavy (non-hydrogen) atoms. The minimum absolute atomic E-state index is 0.721. The van der Waals surface area contributed by atoms with Gasteiger partial charge in [-0.05, 0) is 41.8 Å². The van der Waals surface area contributed by atoms with E-state index in [1.165, 1.54) is 0 Å². The first-order valence-corrected chi connectivity index (χ1v) is 7.97. The van der Waals surface area contributed by atoms with Crippen molar-refractivity contribution in [1.29, 1.82) is 0 Å². The summed E-state index contributed by atoms with van der Waals surface area (Å²) in [6.07, 6.45) is 5.49. The van der Waals surface area contributed by atoms with Gasteiger partial charge in [0.1, 0.15) is 5.52 Å². The second kappa shape index (κ2) is 5.45. The molecule has 5 aromatic rings. The summed E-state index contributed by atoms with van der Waals surface area (Å²) in [5, 5.41) is 17.3. The zero-order valence-electron chi connectivity index (χ0n) is 13.2. The highest BCUT2D eigenvalue weighted by Gasteiger charge is 2.08. The normalized spacial score (nSPS) is 11.2. The lowest BCUT2D eigenvalue weighted by Crippen LogP contribution is -1.96. The Labute approximate surface area is 143 Å². The molecule has 120 valence electrons. The number of nitrogens with zero attached hydrogens (tertiary/aromatic N) is 4. The van der Waals surface area contributed by atoms with Crippen molar-refractivity contribution in [3.05, 3.63) is 73.2 Å². The van der Waals surface area contributed by atoms with Crippen molar-refractivity contribution in [2.75, 3.05) is 5.32 Å². The first-order chi connectivity index (χ1) is 12.4. The average molecular weight is 326 g/mol. The summed E-state index contributed by atoms with van der Waals surface area (Å²) in [5.41, 5.74) is 3.75. The summed E-state index contributed by atoms with van der Waals surface area (Å²) in [5.74, 6) is 0.721. The van der Waals surface area contributed by atoms with Crippen molar-refractivity contribution >= 4 is 33.3 Å². The van der Waals surface area contributed by atoms with Crippen LogP contribution in [0.15, 0.2) is 73.2 Å². The van der Waals surface area contributed by atoms with Crippen molar-refractivity contribution in [1.82, 2.24) is 25.0 Å². The van der Waals surface area contributed by atoms with Crippen LogP contribution < -0.4 is 5.32 Å². The monoisotopic (exact) mass is 326 g/mol. The summed E-state index contributed by atoms with van der Waals surface area (Å²) in [4.78, 5) is 4.38. The number of hydrogen-bond donors (Lipinski definition) is 2. The molecule has 0 radical (unpaired) electrons. The van der Waals surface area contributed by atoms with Gasteiger partial charge in [0.15, 0.2) is 5.82 Å². The Morgan fingerprint density at radius 2 is 1.96 bits per heavy atom. The number of benzene rings is 2. The summed E-state index contributed by atoms with van der Waals surface area (Å²) in [7, 11) is 0. The van der Waals surface area contributed by atoms with Gasteiger partial charge in [0.2, 0.25) is 0 Å². The second-order valence-corrected chi connectivity index (χ2v) is 5.76. The summed E-state index contributed by atoms with van der Waals surface area (Å²) in [6.45, 7) is 0. The highest BCUT2D eigenvalue weighted by atomic mass is 15.3. The topological polar surface area (TPSA) is 71.4 Å². The number of hydrogen-bond acceptors (Lipinski definition) is 4. The molecule has 0 unspecified atom stereocenters. The van der Waals surface area contributed by atoms with Gasteiger partial charge in [-0.1, -0.05) is 18.2 Å². The van der Waals surface area contributed by atoms with Gasteiger partial charge in [0.05, 0.1) is 11.2 Å². The molecule has 2 N–H and O–H groups in total. The van der Waals surface area contributed by atoms with E-state index in [0.717, 1.165) is 39.0 Å². The summed E-state index contributed by atoms with van der Waals surface area (Å²) < 4.78 is 1.88. The van der Waals surface area contributed by atoms with Crippen molar-refractivity contribution < 1.29 is 0 Å². The third kappa shape index (κ3) is 2.31. The molecule has 0 spiro atoms. The predicted molar refractivity (Wildman–Crippen MR) is 98.2 cm³/mol. The fourth-order valence-electron chi connectivity index (χ4n) is 3.03. The Morgan fingerprint density at radius 3 is 2.88 bits per heavy atom. The smallest absolute Gasteiger partial charge is 0.178 e. The largest absolute Gasteiger partial charge is 0.337 e.